The Labute approximate surface area is 133 Å². The second-order valence-corrected chi connectivity index (χ2v) is 5.98. The van der Waals surface area contributed by atoms with E-state index in [0.717, 1.165) is 33.3 Å². The minimum atomic E-state index is -0.109. The predicted molar refractivity (Wildman–Crippen MR) is 90.8 cm³/mol. The average Bonchev–Trinajstić information content (AvgIpc) is 2.43. The molecule has 1 amide bonds. The van der Waals surface area contributed by atoms with E-state index in [4.69, 9.17) is 5.73 Å². The maximum atomic E-state index is 12.3. The molecule has 0 bridgehead atoms. The Hall–Kier alpha value is -1.65. The lowest BCUT2D eigenvalue weighted by molar-refractivity contribution is 0.102. The number of halogens is 1. The number of hydrogen-bond donors (Lipinski definition) is 2. The van der Waals surface area contributed by atoms with Crippen LogP contribution in [0.2, 0.25) is 0 Å². The van der Waals surface area contributed by atoms with Gasteiger partial charge in [-0.1, -0.05) is 18.2 Å². The zero-order valence-corrected chi connectivity index (χ0v) is 13.8. The molecule has 0 saturated carbocycles. The summed E-state index contributed by atoms with van der Waals surface area (Å²) in [5.41, 5.74) is 10.3. The molecule has 0 fully saturated rings. The summed E-state index contributed by atoms with van der Waals surface area (Å²) in [6, 6.07) is 11.6. The number of anilines is 1. The summed E-state index contributed by atoms with van der Waals surface area (Å²) in [6.45, 7) is 4.62. The molecule has 3 N–H and O–H groups in total. The van der Waals surface area contributed by atoms with Gasteiger partial charge in [-0.3, -0.25) is 4.79 Å². The first-order chi connectivity index (χ1) is 10.0. The molecular formula is C17H19BrN2O. The van der Waals surface area contributed by atoms with Crippen molar-refractivity contribution in [3.05, 3.63) is 63.1 Å². The molecule has 0 atom stereocenters. The molecule has 0 spiro atoms. The summed E-state index contributed by atoms with van der Waals surface area (Å²) < 4.78 is 0.896. The highest BCUT2D eigenvalue weighted by Gasteiger charge is 2.11. The molecule has 0 aromatic heterocycles. The topological polar surface area (TPSA) is 55.1 Å². The van der Waals surface area contributed by atoms with Crippen molar-refractivity contribution >= 4 is 27.5 Å². The van der Waals surface area contributed by atoms with E-state index in [-0.39, 0.29) is 5.91 Å². The first-order valence-electron chi connectivity index (χ1n) is 6.88. The first kappa shape index (κ1) is 15.7. The van der Waals surface area contributed by atoms with E-state index in [2.05, 4.69) is 21.2 Å². The lowest BCUT2D eigenvalue weighted by Crippen LogP contribution is -2.13. The quantitative estimate of drug-likeness (QED) is 0.883. The van der Waals surface area contributed by atoms with E-state index < -0.39 is 0 Å². The van der Waals surface area contributed by atoms with E-state index >= 15 is 0 Å². The van der Waals surface area contributed by atoms with Gasteiger partial charge in [0.2, 0.25) is 0 Å². The van der Waals surface area contributed by atoms with Crippen molar-refractivity contribution in [3.8, 4) is 0 Å². The fourth-order valence-corrected chi connectivity index (χ4v) is 3.02. The van der Waals surface area contributed by atoms with Gasteiger partial charge in [0, 0.05) is 10.0 Å². The summed E-state index contributed by atoms with van der Waals surface area (Å²) in [6.07, 6.45) is 0.824. The van der Waals surface area contributed by atoms with Gasteiger partial charge in [0.25, 0.3) is 5.91 Å². The van der Waals surface area contributed by atoms with Crippen molar-refractivity contribution in [1.29, 1.82) is 0 Å². The van der Waals surface area contributed by atoms with E-state index in [9.17, 15) is 4.79 Å². The van der Waals surface area contributed by atoms with Crippen molar-refractivity contribution in [2.75, 3.05) is 11.9 Å². The smallest absolute Gasteiger partial charge is 0.255 e. The van der Waals surface area contributed by atoms with Crippen LogP contribution in [0.4, 0.5) is 5.69 Å². The van der Waals surface area contributed by atoms with Crippen LogP contribution in [0, 0.1) is 13.8 Å². The second-order valence-electron chi connectivity index (χ2n) is 5.13. The summed E-state index contributed by atoms with van der Waals surface area (Å²) in [5.74, 6) is -0.109. The van der Waals surface area contributed by atoms with E-state index in [1.807, 2.05) is 50.2 Å². The standard InChI is InChI=1S/C17H19BrN2O/c1-11-9-12(2)16(15(18)10-11)20-17(21)14-5-3-13(4-6-14)7-8-19/h3-6,9-10H,7-8,19H2,1-2H3,(H,20,21). The van der Waals surface area contributed by atoms with Crippen molar-refractivity contribution in [2.45, 2.75) is 20.3 Å². The van der Waals surface area contributed by atoms with Gasteiger partial charge in [0.05, 0.1) is 5.69 Å². The highest BCUT2D eigenvalue weighted by atomic mass is 79.9. The normalized spacial score (nSPS) is 10.5. The summed E-state index contributed by atoms with van der Waals surface area (Å²) in [7, 11) is 0. The predicted octanol–water partition coefficient (Wildman–Crippen LogP) is 3.82. The Bertz CT molecular complexity index is 627. The lowest BCUT2D eigenvalue weighted by atomic mass is 10.1. The maximum absolute atomic E-state index is 12.3. The third-order valence-electron chi connectivity index (χ3n) is 3.32. The highest BCUT2D eigenvalue weighted by Crippen LogP contribution is 2.28. The van der Waals surface area contributed by atoms with Crippen LogP contribution in [0.3, 0.4) is 0 Å². The van der Waals surface area contributed by atoms with Crippen LogP contribution in [0.5, 0.6) is 0 Å². The van der Waals surface area contributed by atoms with Gasteiger partial charge in [0.1, 0.15) is 0 Å². The number of aryl methyl sites for hydroxylation is 2. The minimum absolute atomic E-state index is 0.109. The number of hydrogen-bond acceptors (Lipinski definition) is 2. The van der Waals surface area contributed by atoms with Gasteiger partial charge in [-0.2, -0.15) is 0 Å². The number of nitrogens with two attached hydrogens (primary N) is 1. The van der Waals surface area contributed by atoms with Crippen molar-refractivity contribution in [1.82, 2.24) is 0 Å². The maximum Gasteiger partial charge on any atom is 0.255 e. The Balaban J connectivity index is 2.18. The highest BCUT2D eigenvalue weighted by molar-refractivity contribution is 9.10. The van der Waals surface area contributed by atoms with Crippen LogP contribution in [-0.2, 0) is 6.42 Å². The minimum Gasteiger partial charge on any atom is -0.330 e. The summed E-state index contributed by atoms with van der Waals surface area (Å²) >= 11 is 3.50. The third kappa shape index (κ3) is 3.93. The number of nitrogens with one attached hydrogen (secondary N) is 1. The molecule has 0 heterocycles. The molecule has 0 unspecified atom stereocenters. The van der Waals surface area contributed by atoms with Crippen molar-refractivity contribution < 1.29 is 4.79 Å². The fraction of sp³-hybridized carbons (Fsp3) is 0.235. The van der Waals surface area contributed by atoms with Gasteiger partial charge < -0.3 is 11.1 Å². The largest absolute Gasteiger partial charge is 0.330 e. The monoisotopic (exact) mass is 346 g/mol. The van der Waals surface area contributed by atoms with Crippen LogP contribution >= 0.6 is 15.9 Å². The third-order valence-corrected chi connectivity index (χ3v) is 3.94. The molecular weight excluding hydrogens is 328 g/mol. The Morgan fingerprint density at radius 1 is 1.19 bits per heavy atom. The molecule has 3 nitrogen and oxygen atoms in total. The average molecular weight is 347 g/mol. The molecule has 2 rings (SSSR count). The number of benzene rings is 2. The number of amides is 1. The Kier molecular flexibility index (Phi) is 5.15. The number of rotatable bonds is 4. The van der Waals surface area contributed by atoms with Gasteiger partial charge in [-0.15, -0.1) is 0 Å². The van der Waals surface area contributed by atoms with Crippen molar-refractivity contribution in [3.63, 3.8) is 0 Å². The molecule has 2 aromatic rings. The number of carbonyl (C=O) groups excluding carboxylic acids is 1. The molecule has 0 saturated heterocycles. The molecule has 0 aliphatic rings. The van der Waals surface area contributed by atoms with Crippen molar-refractivity contribution in [2.24, 2.45) is 5.73 Å². The van der Waals surface area contributed by atoms with Crippen LogP contribution in [0.25, 0.3) is 0 Å². The Morgan fingerprint density at radius 2 is 1.86 bits per heavy atom. The zero-order chi connectivity index (χ0) is 15.4. The van der Waals surface area contributed by atoms with E-state index in [0.29, 0.717) is 12.1 Å². The van der Waals surface area contributed by atoms with Gasteiger partial charge in [-0.05, 0) is 77.6 Å². The van der Waals surface area contributed by atoms with Gasteiger partial charge in [0.15, 0.2) is 0 Å². The molecule has 0 aliphatic carbocycles. The van der Waals surface area contributed by atoms with Crippen LogP contribution in [-0.4, -0.2) is 12.5 Å². The van der Waals surface area contributed by atoms with Gasteiger partial charge in [-0.25, -0.2) is 0 Å². The van der Waals surface area contributed by atoms with Crippen LogP contribution < -0.4 is 11.1 Å². The summed E-state index contributed by atoms with van der Waals surface area (Å²) in [5, 5.41) is 2.96. The van der Waals surface area contributed by atoms with E-state index in [1.54, 1.807) is 0 Å². The van der Waals surface area contributed by atoms with E-state index in [1.165, 1.54) is 0 Å². The molecule has 21 heavy (non-hydrogen) atoms. The molecule has 0 radical (unpaired) electrons. The number of carbonyl (C=O) groups is 1. The second kappa shape index (κ2) is 6.87. The molecule has 2 aromatic carbocycles. The molecule has 4 heteroatoms. The zero-order valence-electron chi connectivity index (χ0n) is 12.2. The fourth-order valence-electron chi connectivity index (χ4n) is 2.25. The molecule has 0 aliphatic heterocycles. The SMILES string of the molecule is Cc1cc(C)c(NC(=O)c2ccc(CCN)cc2)c(Br)c1. The van der Waals surface area contributed by atoms with Crippen LogP contribution in [0.15, 0.2) is 40.9 Å². The first-order valence-corrected chi connectivity index (χ1v) is 7.67. The Morgan fingerprint density at radius 3 is 2.43 bits per heavy atom. The molecule has 110 valence electrons. The van der Waals surface area contributed by atoms with Crippen LogP contribution in [0.1, 0.15) is 27.0 Å². The lowest BCUT2D eigenvalue weighted by Gasteiger charge is -2.12. The summed E-state index contributed by atoms with van der Waals surface area (Å²) in [4.78, 5) is 12.3. The van der Waals surface area contributed by atoms with Gasteiger partial charge >= 0.3 is 0 Å².